The van der Waals surface area contributed by atoms with Crippen molar-refractivity contribution in [3.63, 3.8) is 0 Å². The molecule has 5 nitrogen and oxygen atoms in total. The fourth-order valence-corrected chi connectivity index (χ4v) is 2.87. The summed E-state index contributed by atoms with van der Waals surface area (Å²) in [5.41, 5.74) is -0.0840. The number of benzene rings is 2. The van der Waals surface area contributed by atoms with E-state index in [-0.39, 0.29) is 40.2 Å². The number of rotatable bonds is 4. The third-order valence-corrected chi connectivity index (χ3v) is 3.96. The van der Waals surface area contributed by atoms with Crippen molar-refractivity contribution in [1.29, 1.82) is 0 Å². The highest BCUT2D eigenvalue weighted by Gasteiger charge is 2.26. The molecule has 0 spiro atoms. The van der Waals surface area contributed by atoms with Crippen LogP contribution in [0.5, 0.6) is 11.5 Å². The van der Waals surface area contributed by atoms with E-state index in [1.165, 1.54) is 13.0 Å². The predicted molar refractivity (Wildman–Crippen MR) is 89.4 cm³/mol. The number of carbonyl (C=O) groups excluding carboxylic acids is 1. The number of aromatic hydroxyl groups is 2. The lowest BCUT2D eigenvalue weighted by Crippen LogP contribution is -2.16. The van der Waals surface area contributed by atoms with Gasteiger partial charge in [-0.15, -0.1) is 0 Å². The fourth-order valence-electron chi connectivity index (χ4n) is 2.87. The molecule has 0 saturated heterocycles. The summed E-state index contributed by atoms with van der Waals surface area (Å²) >= 11 is 0. The molecule has 0 fully saturated rings. The number of hydrogen-bond acceptors (Lipinski definition) is 5. The largest absolute Gasteiger partial charge is 0.507 e. The maximum absolute atomic E-state index is 12.5. The molecule has 0 unspecified atom stereocenters. The molecule has 0 aliphatic heterocycles. The zero-order valence-corrected chi connectivity index (χ0v) is 13.0. The van der Waals surface area contributed by atoms with Crippen LogP contribution < -0.4 is 5.63 Å². The molecule has 0 aliphatic carbocycles. The summed E-state index contributed by atoms with van der Waals surface area (Å²) in [5, 5.41) is 20.7. The average molecular weight is 324 g/mol. The Bertz CT molecular complexity index is 957. The number of Topliss-reactive ketones (excluding diaryl/α,β-unsaturated/α-hetero) is 1. The van der Waals surface area contributed by atoms with Crippen LogP contribution in [0.15, 0.2) is 57.7 Å². The van der Waals surface area contributed by atoms with E-state index in [0.29, 0.717) is 0 Å². The smallest absolute Gasteiger partial charge is 0.343 e. The summed E-state index contributed by atoms with van der Waals surface area (Å²) in [6, 6.07) is 13.5. The lowest BCUT2D eigenvalue weighted by atomic mass is 9.87. The first kappa shape index (κ1) is 15.8. The van der Waals surface area contributed by atoms with E-state index in [0.717, 1.165) is 5.56 Å². The zero-order chi connectivity index (χ0) is 17.3. The lowest BCUT2D eigenvalue weighted by molar-refractivity contribution is -0.117. The molecule has 0 saturated carbocycles. The van der Waals surface area contributed by atoms with Crippen molar-refractivity contribution in [3.05, 3.63) is 70.1 Å². The number of fused-ring (bicyclic) bond motifs is 1. The van der Waals surface area contributed by atoms with Crippen molar-refractivity contribution in [2.75, 3.05) is 0 Å². The topological polar surface area (TPSA) is 87.7 Å². The molecule has 5 heteroatoms. The summed E-state index contributed by atoms with van der Waals surface area (Å²) in [7, 11) is 0. The number of hydrogen-bond donors (Lipinski definition) is 2. The molecule has 1 aromatic heterocycles. The molecule has 122 valence electrons. The highest BCUT2D eigenvalue weighted by molar-refractivity contribution is 5.89. The van der Waals surface area contributed by atoms with Gasteiger partial charge in [-0.05, 0) is 24.6 Å². The van der Waals surface area contributed by atoms with Crippen LogP contribution in [-0.4, -0.2) is 16.0 Å². The third kappa shape index (κ3) is 2.76. The molecule has 2 aromatic carbocycles. The van der Waals surface area contributed by atoms with Gasteiger partial charge in [0.05, 0.1) is 10.9 Å². The Balaban J connectivity index is 2.29. The van der Waals surface area contributed by atoms with E-state index in [1.54, 1.807) is 36.4 Å². The second-order valence-electron chi connectivity index (χ2n) is 5.68. The maximum Gasteiger partial charge on any atom is 0.343 e. The average Bonchev–Trinajstić information content (AvgIpc) is 2.55. The van der Waals surface area contributed by atoms with E-state index in [9.17, 15) is 19.8 Å². The number of para-hydroxylation sites is 1. The maximum atomic E-state index is 12.5. The number of carbonyl (C=O) groups is 1. The molecule has 0 radical (unpaired) electrons. The first-order valence-electron chi connectivity index (χ1n) is 7.51. The summed E-state index contributed by atoms with van der Waals surface area (Å²) in [6.45, 7) is 1.43. The van der Waals surface area contributed by atoms with Gasteiger partial charge in [0.1, 0.15) is 11.5 Å². The Morgan fingerprint density at radius 1 is 1.08 bits per heavy atom. The Labute approximate surface area is 137 Å². The molecule has 1 heterocycles. The van der Waals surface area contributed by atoms with Crippen LogP contribution in [0.3, 0.4) is 0 Å². The van der Waals surface area contributed by atoms with Crippen LogP contribution in [-0.2, 0) is 4.79 Å². The molecule has 1 atom stereocenters. The van der Waals surface area contributed by atoms with Gasteiger partial charge in [0.2, 0.25) is 0 Å². The molecule has 24 heavy (non-hydrogen) atoms. The third-order valence-electron chi connectivity index (χ3n) is 3.96. The minimum absolute atomic E-state index is 0.0227. The fraction of sp³-hybridized carbons (Fsp3) is 0.158. The molecule has 0 amide bonds. The highest BCUT2D eigenvalue weighted by Crippen LogP contribution is 2.38. The minimum atomic E-state index is -0.767. The van der Waals surface area contributed by atoms with Crippen LogP contribution in [0.1, 0.15) is 30.4 Å². The van der Waals surface area contributed by atoms with Crippen LogP contribution in [0, 0.1) is 0 Å². The SMILES string of the molecule is CC(=O)C[C@H](c1ccccc1)c1c(O)c2cccc(O)c2oc1=O. The monoisotopic (exact) mass is 324 g/mol. The Morgan fingerprint density at radius 3 is 2.46 bits per heavy atom. The standard InChI is InChI=1S/C19H16O5/c1-11(20)10-14(12-6-3-2-4-7-12)16-17(22)13-8-5-9-15(21)18(13)24-19(16)23/h2-9,14,21-22H,10H2,1H3/t14-/m1/s1. The quantitative estimate of drug-likeness (QED) is 0.719. The van der Waals surface area contributed by atoms with Gasteiger partial charge < -0.3 is 14.6 Å². The van der Waals surface area contributed by atoms with Crippen molar-refractivity contribution in [2.24, 2.45) is 0 Å². The van der Waals surface area contributed by atoms with Gasteiger partial charge in [-0.1, -0.05) is 36.4 Å². The predicted octanol–water partition coefficient (Wildman–Crippen LogP) is 3.32. The van der Waals surface area contributed by atoms with Crippen molar-refractivity contribution in [2.45, 2.75) is 19.3 Å². The summed E-state index contributed by atoms with van der Waals surface area (Å²) in [4.78, 5) is 24.1. The van der Waals surface area contributed by atoms with E-state index in [4.69, 9.17) is 4.42 Å². The van der Waals surface area contributed by atoms with Gasteiger partial charge in [0.15, 0.2) is 11.3 Å². The van der Waals surface area contributed by atoms with Gasteiger partial charge in [-0.2, -0.15) is 0 Å². The minimum Gasteiger partial charge on any atom is -0.507 e. The van der Waals surface area contributed by atoms with Crippen LogP contribution in [0.25, 0.3) is 11.0 Å². The number of ketones is 1. The summed E-state index contributed by atoms with van der Waals surface area (Å²) in [6.07, 6.45) is 0.0622. The molecule has 0 aliphatic rings. The van der Waals surface area contributed by atoms with E-state index < -0.39 is 11.5 Å². The normalized spacial score (nSPS) is 12.2. The van der Waals surface area contributed by atoms with Crippen molar-refractivity contribution < 1.29 is 19.4 Å². The molecule has 2 N–H and O–H groups in total. The second kappa shape index (κ2) is 6.20. The van der Waals surface area contributed by atoms with Crippen molar-refractivity contribution in [3.8, 4) is 11.5 Å². The lowest BCUT2D eigenvalue weighted by Gasteiger charge is -2.17. The van der Waals surface area contributed by atoms with Crippen LogP contribution in [0.4, 0.5) is 0 Å². The van der Waals surface area contributed by atoms with Gasteiger partial charge in [0.25, 0.3) is 0 Å². The van der Waals surface area contributed by atoms with Gasteiger partial charge in [-0.3, -0.25) is 4.79 Å². The molecular weight excluding hydrogens is 308 g/mol. The van der Waals surface area contributed by atoms with E-state index in [1.807, 2.05) is 6.07 Å². The van der Waals surface area contributed by atoms with Crippen LogP contribution in [0.2, 0.25) is 0 Å². The van der Waals surface area contributed by atoms with Crippen molar-refractivity contribution in [1.82, 2.24) is 0 Å². The summed E-state index contributed by atoms with van der Waals surface area (Å²) < 4.78 is 5.21. The first-order chi connectivity index (χ1) is 11.5. The highest BCUT2D eigenvalue weighted by atomic mass is 16.4. The molecule has 0 bridgehead atoms. The van der Waals surface area contributed by atoms with E-state index in [2.05, 4.69) is 0 Å². The molecular formula is C19H16O5. The molecule has 3 rings (SSSR count). The number of phenolic OH excluding ortho intramolecular Hbond substituents is 1. The van der Waals surface area contributed by atoms with Gasteiger partial charge in [-0.25, -0.2) is 4.79 Å². The molecule has 3 aromatic rings. The first-order valence-corrected chi connectivity index (χ1v) is 7.51. The van der Waals surface area contributed by atoms with E-state index >= 15 is 0 Å². The van der Waals surface area contributed by atoms with Gasteiger partial charge in [0, 0.05) is 12.3 Å². The second-order valence-corrected chi connectivity index (χ2v) is 5.68. The van der Waals surface area contributed by atoms with Crippen molar-refractivity contribution >= 4 is 16.8 Å². The summed E-state index contributed by atoms with van der Waals surface area (Å²) in [5.74, 6) is -1.23. The Morgan fingerprint density at radius 2 is 1.79 bits per heavy atom. The zero-order valence-electron chi connectivity index (χ0n) is 13.0. The number of phenols is 1. The van der Waals surface area contributed by atoms with Gasteiger partial charge >= 0.3 is 5.63 Å². The Kier molecular flexibility index (Phi) is 4.08. The van der Waals surface area contributed by atoms with Crippen LogP contribution >= 0.6 is 0 Å². The Hall–Kier alpha value is -3.08.